The van der Waals surface area contributed by atoms with E-state index < -0.39 is 59.5 Å². The van der Waals surface area contributed by atoms with Gasteiger partial charge in [-0.05, 0) is 51.0 Å². The van der Waals surface area contributed by atoms with E-state index in [2.05, 4.69) is 0 Å². The Hall–Kier alpha value is -5.24. The molecule has 4 aromatic rings. The van der Waals surface area contributed by atoms with E-state index in [1.165, 1.54) is 9.80 Å². The van der Waals surface area contributed by atoms with Crippen LogP contribution in [0.25, 0.3) is 22.3 Å². The van der Waals surface area contributed by atoms with Crippen molar-refractivity contribution in [2.45, 2.75) is 39.8 Å². The monoisotopic (exact) mass is 618 g/mol. The maximum absolute atomic E-state index is 14.4. The molecule has 1 saturated carbocycles. The first kappa shape index (κ1) is 32.2. The van der Waals surface area contributed by atoms with Gasteiger partial charge in [0.15, 0.2) is 0 Å². The van der Waals surface area contributed by atoms with Crippen LogP contribution in [0.1, 0.15) is 27.7 Å². The Bertz CT molecular complexity index is 1600. The van der Waals surface area contributed by atoms with Crippen LogP contribution in [0.3, 0.4) is 0 Å². The van der Waals surface area contributed by atoms with Crippen LogP contribution < -0.4 is 9.80 Å². The summed E-state index contributed by atoms with van der Waals surface area (Å²) in [6.45, 7) is 7.20. The number of hydrogen-bond acceptors (Lipinski definition) is 4. The second-order valence-electron chi connectivity index (χ2n) is 12.1. The van der Waals surface area contributed by atoms with Gasteiger partial charge in [-0.1, -0.05) is 97.1 Å². The second kappa shape index (κ2) is 13.4. The molecule has 4 aromatic carbocycles. The fourth-order valence-electron chi connectivity index (χ4n) is 6.69. The van der Waals surface area contributed by atoms with Crippen LogP contribution in [0, 0.1) is 23.7 Å². The summed E-state index contributed by atoms with van der Waals surface area (Å²) in [4.78, 5) is 57.6. The molecule has 0 aromatic heterocycles. The van der Waals surface area contributed by atoms with Crippen molar-refractivity contribution in [1.82, 2.24) is 0 Å². The molecule has 0 aliphatic heterocycles. The average Bonchev–Trinajstić information content (AvgIpc) is 3.01. The maximum atomic E-state index is 14.4. The summed E-state index contributed by atoms with van der Waals surface area (Å²) in [5.41, 5.74) is 4.29. The van der Waals surface area contributed by atoms with Crippen molar-refractivity contribution in [2.75, 3.05) is 9.80 Å². The minimum atomic E-state index is -1.53. The first-order chi connectivity index (χ1) is 22.0. The van der Waals surface area contributed by atoms with Gasteiger partial charge in [0.1, 0.15) is 0 Å². The van der Waals surface area contributed by atoms with Crippen molar-refractivity contribution in [3.05, 3.63) is 109 Å². The summed E-state index contributed by atoms with van der Waals surface area (Å²) in [5.74, 6) is -10.00. The van der Waals surface area contributed by atoms with Gasteiger partial charge < -0.3 is 20.0 Å². The summed E-state index contributed by atoms with van der Waals surface area (Å²) in [6.07, 6.45) is 0. The predicted molar refractivity (Wildman–Crippen MR) is 178 cm³/mol. The number of carbonyl (C=O) groups excluding carboxylic acids is 2. The van der Waals surface area contributed by atoms with Gasteiger partial charge in [0.2, 0.25) is 11.8 Å². The number of carboxylic acid groups (broad SMARTS) is 2. The molecule has 0 heterocycles. The minimum Gasteiger partial charge on any atom is -0.481 e. The molecule has 0 saturated heterocycles. The molecular formula is C38H38N2O6. The Labute approximate surface area is 268 Å². The Morgan fingerprint density at radius 2 is 0.783 bits per heavy atom. The van der Waals surface area contributed by atoms with Crippen LogP contribution in [-0.2, 0) is 19.2 Å². The fourth-order valence-corrected chi connectivity index (χ4v) is 6.69. The topological polar surface area (TPSA) is 115 Å². The first-order valence-electron chi connectivity index (χ1n) is 15.4. The highest BCUT2D eigenvalue weighted by molar-refractivity contribution is 6.10. The number of carboxylic acids is 2. The molecule has 1 fully saturated rings. The normalized spacial score (nSPS) is 18.9. The van der Waals surface area contributed by atoms with Gasteiger partial charge in [-0.3, -0.25) is 19.2 Å². The van der Waals surface area contributed by atoms with Crippen molar-refractivity contribution >= 4 is 35.1 Å². The highest BCUT2D eigenvalue weighted by atomic mass is 16.4. The molecule has 8 heteroatoms. The van der Waals surface area contributed by atoms with Crippen LogP contribution in [0.2, 0.25) is 0 Å². The average molecular weight is 619 g/mol. The molecule has 2 N–H and O–H groups in total. The Balaban J connectivity index is 1.56. The van der Waals surface area contributed by atoms with Gasteiger partial charge in [0.25, 0.3) is 0 Å². The molecule has 0 radical (unpaired) electrons. The maximum Gasteiger partial charge on any atom is 0.308 e. The zero-order valence-electron chi connectivity index (χ0n) is 26.3. The largest absolute Gasteiger partial charge is 0.481 e. The van der Waals surface area contributed by atoms with E-state index in [1.807, 2.05) is 84.9 Å². The number of amides is 2. The van der Waals surface area contributed by atoms with Gasteiger partial charge in [-0.25, -0.2) is 0 Å². The van der Waals surface area contributed by atoms with E-state index in [4.69, 9.17) is 0 Å². The zero-order chi connectivity index (χ0) is 33.1. The van der Waals surface area contributed by atoms with Crippen molar-refractivity contribution in [1.29, 1.82) is 0 Å². The zero-order valence-corrected chi connectivity index (χ0v) is 26.3. The minimum absolute atomic E-state index is 0.430. The highest BCUT2D eigenvalue weighted by Gasteiger charge is 2.65. The lowest BCUT2D eigenvalue weighted by atomic mass is 9.55. The number of carbonyl (C=O) groups is 4. The molecule has 236 valence electrons. The lowest BCUT2D eigenvalue weighted by molar-refractivity contribution is -0.180. The molecule has 46 heavy (non-hydrogen) atoms. The first-order valence-corrected chi connectivity index (χ1v) is 15.4. The molecule has 1 aliphatic carbocycles. The van der Waals surface area contributed by atoms with Crippen molar-refractivity contribution in [3.8, 4) is 22.3 Å². The smallest absolute Gasteiger partial charge is 0.308 e. The third-order valence-electron chi connectivity index (χ3n) is 8.69. The van der Waals surface area contributed by atoms with Gasteiger partial charge in [-0.15, -0.1) is 0 Å². The number of hydrogen-bond donors (Lipinski definition) is 2. The standard InChI is InChI=1S/C38H38N2O6/c1-23(2)39(29-21-13-11-19-27(29)25-15-7-5-8-16-25)35(41)31-33(37(43)44)32(34(31)38(45)46)36(42)40(24(3)4)30-22-14-12-20-28(30)26-17-9-6-10-18-26/h5-24,31-34H,1-4H3,(H,43,44)(H,45,46). The fraction of sp³-hybridized carbons (Fsp3) is 0.263. The second-order valence-corrected chi connectivity index (χ2v) is 12.1. The van der Waals surface area contributed by atoms with Crippen molar-refractivity contribution < 1.29 is 29.4 Å². The molecule has 0 atom stereocenters. The molecule has 1 aliphatic rings. The number of para-hydroxylation sites is 2. The summed E-state index contributed by atoms with van der Waals surface area (Å²) in [6, 6.07) is 32.6. The third-order valence-corrected chi connectivity index (χ3v) is 8.69. The van der Waals surface area contributed by atoms with Crippen LogP contribution in [0.5, 0.6) is 0 Å². The van der Waals surface area contributed by atoms with Gasteiger partial charge in [0.05, 0.1) is 35.0 Å². The Morgan fingerprint density at radius 3 is 1.09 bits per heavy atom. The predicted octanol–water partition coefficient (Wildman–Crippen LogP) is 6.85. The molecule has 0 bridgehead atoms. The van der Waals surface area contributed by atoms with Gasteiger partial charge >= 0.3 is 11.9 Å². The van der Waals surface area contributed by atoms with Gasteiger partial charge in [-0.2, -0.15) is 0 Å². The number of rotatable bonds is 10. The van der Waals surface area contributed by atoms with Crippen LogP contribution in [0.4, 0.5) is 11.4 Å². The summed E-state index contributed by atoms with van der Waals surface area (Å²) >= 11 is 0. The van der Waals surface area contributed by atoms with E-state index in [1.54, 1.807) is 52.0 Å². The van der Waals surface area contributed by atoms with E-state index in [-0.39, 0.29) is 0 Å². The number of nitrogens with zero attached hydrogens (tertiary/aromatic N) is 2. The molecule has 2 amide bonds. The molecule has 0 unspecified atom stereocenters. The summed E-state index contributed by atoms with van der Waals surface area (Å²) in [5, 5.41) is 21.0. The summed E-state index contributed by atoms with van der Waals surface area (Å²) < 4.78 is 0. The molecule has 5 rings (SSSR count). The Kier molecular flexibility index (Phi) is 9.37. The molecule has 0 spiro atoms. The van der Waals surface area contributed by atoms with E-state index >= 15 is 0 Å². The van der Waals surface area contributed by atoms with Crippen LogP contribution in [0.15, 0.2) is 109 Å². The number of anilines is 2. The van der Waals surface area contributed by atoms with E-state index in [0.29, 0.717) is 11.4 Å². The lowest BCUT2D eigenvalue weighted by Gasteiger charge is -2.49. The van der Waals surface area contributed by atoms with Crippen LogP contribution >= 0.6 is 0 Å². The SMILES string of the molecule is CC(C)N(C(=O)C1C(C(=O)O)C(C(=O)N(c2ccccc2-c2ccccc2)C(C)C)C1C(=O)O)c1ccccc1-c1ccccc1. The number of aliphatic carboxylic acids is 2. The lowest BCUT2D eigenvalue weighted by Crippen LogP contribution is -2.65. The highest BCUT2D eigenvalue weighted by Crippen LogP contribution is 2.50. The van der Waals surface area contributed by atoms with Crippen molar-refractivity contribution in [3.63, 3.8) is 0 Å². The van der Waals surface area contributed by atoms with E-state index in [9.17, 15) is 29.4 Å². The van der Waals surface area contributed by atoms with Gasteiger partial charge in [0, 0.05) is 23.2 Å². The summed E-state index contributed by atoms with van der Waals surface area (Å²) in [7, 11) is 0. The Morgan fingerprint density at radius 1 is 0.478 bits per heavy atom. The van der Waals surface area contributed by atoms with E-state index in [0.717, 1.165) is 22.3 Å². The molecule has 8 nitrogen and oxygen atoms in total. The van der Waals surface area contributed by atoms with Crippen LogP contribution in [-0.4, -0.2) is 46.0 Å². The number of benzene rings is 4. The van der Waals surface area contributed by atoms with Crippen molar-refractivity contribution in [2.24, 2.45) is 23.7 Å². The molecular weight excluding hydrogens is 580 g/mol. The third kappa shape index (κ3) is 5.90. The quantitative estimate of drug-likeness (QED) is 0.201.